The van der Waals surface area contributed by atoms with E-state index in [4.69, 9.17) is 4.74 Å². The molecule has 0 saturated carbocycles. The van der Waals surface area contributed by atoms with Gasteiger partial charge in [-0.3, -0.25) is 14.0 Å². The van der Waals surface area contributed by atoms with E-state index >= 15 is 0 Å². The van der Waals surface area contributed by atoms with Crippen molar-refractivity contribution in [3.05, 3.63) is 33.7 Å². The molecule has 1 atom stereocenters. The number of rotatable bonds is 6. The lowest BCUT2D eigenvalue weighted by Crippen LogP contribution is -2.32. The van der Waals surface area contributed by atoms with Crippen LogP contribution in [0, 0.1) is 6.92 Å². The number of thiophene rings is 1. The van der Waals surface area contributed by atoms with Gasteiger partial charge in [0.2, 0.25) is 5.91 Å². The average Bonchev–Trinajstić information content (AvgIpc) is 3.33. The van der Waals surface area contributed by atoms with Crippen LogP contribution in [-0.2, 0) is 16.1 Å². The van der Waals surface area contributed by atoms with Gasteiger partial charge in [-0.25, -0.2) is 4.68 Å². The largest absolute Gasteiger partial charge is 0.376 e. The number of aromatic nitrogens is 3. The number of ether oxygens (including phenoxy) is 1. The number of hydrogen-bond acceptors (Lipinski definition) is 5. The maximum atomic E-state index is 12.7. The van der Waals surface area contributed by atoms with Gasteiger partial charge >= 0.3 is 0 Å². The van der Waals surface area contributed by atoms with E-state index in [0.717, 1.165) is 35.5 Å². The number of amides is 1. The molecule has 4 heterocycles. The van der Waals surface area contributed by atoms with E-state index < -0.39 is 0 Å². The molecule has 8 heteroatoms. The molecule has 4 rings (SSSR count). The van der Waals surface area contributed by atoms with Crippen molar-refractivity contribution < 1.29 is 9.53 Å². The van der Waals surface area contributed by atoms with Crippen LogP contribution in [0.3, 0.4) is 0 Å². The number of carbonyl (C=O) groups excluding carboxylic acids is 1. The molecule has 26 heavy (non-hydrogen) atoms. The van der Waals surface area contributed by atoms with Gasteiger partial charge in [0.1, 0.15) is 11.3 Å². The van der Waals surface area contributed by atoms with Crippen molar-refractivity contribution in [2.45, 2.75) is 45.3 Å². The Hall–Kier alpha value is -2.19. The maximum absolute atomic E-state index is 12.7. The third kappa shape index (κ3) is 3.26. The van der Waals surface area contributed by atoms with Crippen LogP contribution in [0.5, 0.6) is 0 Å². The summed E-state index contributed by atoms with van der Waals surface area (Å²) < 4.78 is 9.95. The Balaban J connectivity index is 1.40. The summed E-state index contributed by atoms with van der Waals surface area (Å²) in [5, 5.41) is 9.35. The standard InChI is InChI=1S/C18H22N4O3S/c1-12-20-21(7-2-5-17(23)19-11-13-4-3-8-25-13)18(24)15-10-16-14(22(12)15)6-9-26-16/h6,9-10,13H,2-5,7-8,11H2,1H3,(H,19,23)/t13-/m0/s1. The normalized spacial score (nSPS) is 17.3. The number of fused-ring (bicyclic) bond motifs is 3. The second-order valence-electron chi connectivity index (χ2n) is 6.65. The fourth-order valence-corrected chi connectivity index (χ4v) is 4.29. The van der Waals surface area contributed by atoms with Gasteiger partial charge in [-0.2, -0.15) is 5.10 Å². The van der Waals surface area contributed by atoms with E-state index in [2.05, 4.69) is 10.4 Å². The first-order valence-corrected chi connectivity index (χ1v) is 9.86. The van der Waals surface area contributed by atoms with Gasteiger partial charge in [-0.05, 0) is 43.7 Å². The van der Waals surface area contributed by atoms with Gasteiger partial charge in [0.25, 0.3) is 5.56 Å². The number of nitrogens with one attached hydrogen (secondary N) is 1. The SMILES string of the molecule is Cc1nn(CCCC(=O)NC[C@@H]2CCCO2)c(=O)c2cc3sccc3n12. The van der Waals surface area contributed by atoms with E-state index in [0.29, 0.717) is 31.4 Å². The molecule has 0 aliphatic carbocycles. The molecule has 7 nitrogen and oxygen atoms in total. The molecule has 0 bridgehead atoms. The van der Waals surface area contributed by atoms with Gasteiger partial charge in [0.05, 0.1) is 16.3 Å². The van der Waals surface area contributed by atoms with Crippen molar-refractivity contribution in [2.24, 2.45) is 0 Å². The first-order chi connectivity index (χ1) is 12.6. The molecule has 0 spiro atoms. The third-order valence-electron chi connectivity index (χ3n) is 4.79. The molecule has 3 aromatic rings. The molecule has 3 aromatic heterocycles. The van der Waals surface area contributed by atoms with Crippen LogP contribution in [0.15, 0.2) is 22.3 Å². The van der Waals surface area contributed by atoms with Crippen LogP contribution in [0.4, 0.5) is 0 Å². The Labute approximate surface area is 154 Å². The topological polar surface area (TPSA) is 77.6 Å². The molecule has 1 aliphatic heterocycles. The van der Waals surface area contributed by atoms with Crippen LogP contribution < -0.4 is 10.9 Å². The molecule has 1 aliphatic rings. The minimum absolute atomic E-state index is 0.00505. The highest BCUT2D eigenvalue weighted by atomic mass is 32.1. The quantitative estimate of drug-likeness (QED) is 0.717. The Bertz CT molecular complexity index is 997. The second-order valence-corrected chi connectivity index (χ2v) is 7.60. The number of nitrogens with zero attached hydrogens (tertiary/aromatic N) is 3. The smallest absolute Gasteiger partial charge is 0.291 e. The first kappa shape index (κ1) is 17.2. The summed E-state index contributed by atoms with van der Waals surface area (Å²) in [5.74, 6) is 0.769. The molecular formula is C18H22N4O3S. The molecule has 1 amide bonds. The zero-order chi connectivity index (χ0) is 18.1. The predicted molar refractivity (Wildman–Crippen MR) is 101 cm³/mol. The number of hydrogen-bond donors (Lipinski definition) is 1. The lowest BCUT2D eigenvalue weighted by Gasteiger charge is -2.11. The zero-order valence-electron chi connectivity index (χ0n) is 14.7. The summed E-state index contributed by atoms with van der Waals surface area (Å²) in [6.07, 6.45) is 3.18. The summed E-state index contributed by atoms with van der Waals surface area (Å²) >= 11 is 1.61. The van der Waals surface area contributed by atoms with Crippen molar-refractivity contribution in [2.75, 3.05) is 13.2 Å². The highest BCUT2D eigenvalue weighted by Gasteiger charge is 2.16. The molecule has 1 fully saturated rings. The zero-order valence-corrected chi connectivity index (χ0v) is 15.6. The van der Waals surface area contributed by atoms with Crippen molar-refractivity contribution in [3.8, 4) is 0 Å². The summed E-state index contributed by atoms with van der Waals surface area (Å²) in [4.78, 5) is 24.7. The predicted octanol–water partition coefficient (Wildman–Crippen LogP) is 2.09. The average molecular weight is 374 g/mol. The number of aryl methyl sites for hydroxylation is 2. The van der Waals surface area contributed by atoms with E-state index in [-0.39, 0.29) is 17.6 Å². The minimum atomic E-state index is -0.112. The molecule has 138 valence electrons. The lowest BCUT2D eigenvalue weighted by molar-refractivity contribution is -0.121. The summed E-state index contributed by atoms with van der Waals surface area (Å²) in [6, 6.07) is 3.92. The monoisotopic (exact) mass is 374 g/mol. The fraction of sp³-hybridized carbons (Fsp3) is 0.500. The highest BCUT2D eigenvalue weighted by molar-refractivity contribution is 7.17. The molecular weight excluding hydrogens is 352 g/mol. The maximum Gasteiger partial charge on any atom is 0.291 e. The van der Waals surface area contributed by atoms with E-state index in [1.54, 1.807) is 11.3 Å². The molecule has 1 saturated heterocycles. The lowest BCUT2D eigenvalue weighted by atomic mass is 10.2. The van der Waals surface area contributed by atoms with Crippen molar-refractivity contribution in [1.82, 2.24) is 19.5 Å². The van der Waals surface area contributed by atoms with Gasteiger partial charge in [-0.1, -0.05) is 0 Å². The third-order valence-corrected chi connectivity index (χ3v) is 5.64. The Morgan fingerprint density at radius 1 is 1.46 bits per heavy atom. The van der Waals surface area contributed by atoms with Crippen LogP contribution in [-0.4, -0.2) is 39.3 Å². The van der Waals surface area contributed by atoms with E-state index in [1.807, 2.05) is 28.8 Å². The van der Waals surface area contributed by atoms with Gasteiger partial charge < -0.3 is 10.1 Å². The summed E-state index contributed by atoms with van der Waals surface area (Å²) in [5.41, 5.74) is 1.55. The molecule has 0 radical (unpaired) electrons. The van der Waals surface area contributed by atoms with Crippen molar-refractivity contribution in [3.63, 3.8) is 0 Å². The number of carbonyl (C=O) groups is 1. The van der Waals surface area contributed by atoms with Crippen molar-refractivity contribution >= 4 is 33.0 Å². The van der Waals surface area contributed by atoms with Crippen LogP contribution in [0.2, 0.25) is 0 Å². The fourth-order valence-electron chi connectivity index (χ4n) is 3.49. The Kier molecular flexibility index (Phi) is 4.78. The Morgan fingerprint density at radius 2 is 2.35 bits per heavy atom. The molecule has 0 aromatic carbocycles. The van der Waals surface area contributed by atoms with Gasteiger partial charge in [0.15, 0.2) is 0 Å². The van der Waals surface area contributed by atoms with Crippen LogP contribution in [0.25, 0.3) is 15.7 Å². The summed E-state index contributed by atoms with van der Waals surface area (Å²) in [6.45, 7) is 3.69. The summed E-state index contributed by atoms with van der Waals surface area (Å²) in [7, 11) is 0. The van der Waals surface area contributed by atoms with E-state index in [1.165, 1.54) is 4.68 Å². The Morgan fingerprint density at radius 3 is 3.15 bits per heavy atom. The van der Waals surface area contributed by atoms with Gasteiger partial charge in [0, 0.05) is 26.1 Å². The van der Waals surface area contributed by atoms with Gasteiger partial charge in [-0.15, -0.1) is 11.3 Å². The first-order valence-electron chi connectivity index (χ1n) is 8.98. The van der Waals surface area contributed by atoms with Crippen molar-refractivity contribution in [1.29, 1.82) is 0 Å². The van der Waals surface area contributed by atoms with Crippen LogP contribution >= 0.6 is 11.3 Å². The highest BCUT2D eigenvalue weighted by Crippen LogP contribution is 2.24. The molecule has 0 unspecified atom stereocenters. The second kappa shape index (κ2) is 7.20. The minimum Gasteiger partial charge on any atom is -0.376 e. The van der Waals surface area contributed by atoms with E-state index in [9.17, 15) is 9.59 Å². The van der Waals surface area contributed by atoms with Crippen LogP contribution in [0.1, 0.15) is 31.5 Å². The molecule has 1 N–H and O–H groups in total.